The van der Waals surface area contributed by atoms with Gasteiger partial charge in [0.2, 0.25) is 17.7 Å². The molecule has 3 unspecified atom stereocenters. The third-order valence-electron chi connectivity index (χ3n) is 9.98. The number of rotatable bonds is 13. The number of benzene rings is 1. The first-order valence-corrected chi connectivity index (χ1v) is 15.5. The number of carbonyl (C=O) groups excluding carboxylic acids is 3. The van der Waals surface area contributed by atoms with Gasteiger partial charge >= 0.3 is 0 Å². The van der Waals surface area contributed by atoms with Crippen molar-refractivity contribution >= 4 is 17.7 Å². The van der Waals surface area contributed by atoms with Crippen molar-refractivity contribution < 1.29 is 29.0 Å². The molecule has 5 rings (SSSR count). The average molecular weight is 595 g/mol. The number of amides is 3. The Balaban J connectivity index is 1.48. The van der Waals surface area contributed by atoms with Crippen LogP contribution in [0.5, 0.6) is 0 Å². The number of aliphatic hydroxyl groups is 1. The molecule has 0 radical (unpaired) electrons. The minimum absolute atomic E-state index is 0.00532. The lowest BCUT2D eigenvalue weighted by Gasteiger charge is -2.39. The van der Waals surface area contributed by atoms with Gasteiger partial charge in [-0.25, -0.2) is 0 Å². The minimum atomic E-state index is -1.16. The van der Waals surface area contributed by atoms with E-state index < -0.39 is 29.1 Å². The first-order chi connectivity index (χ1) is 20.7. The lowest BCUT2D eigenvalue weighted by atomic mass is 9.62. The first kappa shape index (κ1) is 31.4. The second-order valence-corrected chi connectivity index (χ2v) is 12.5. The number of aliphatic hydroxyl groups excluding tert-OH is 1. The fraction of sp³-hybridized carbons (Fsp3) is 0.606. The van der Waals surface area contributed by atoms with Gasteiger partial charge in [-0.05, 0) is 24.8 Å². The zero-order chi connectivity index (χ0) is 30.8. The summed E-state index contributed by atoms with van der Waals surface area (Å²) in [5, 5.41) is 10.0. The summed E-state index contributed by atoms with van der Waals surface area (Å²) in [7, 11) is 0. The Morgan fingerprint density at radius 2 is 1.74 bits per heavy atom. The van der Waals surface area contributed by atoms with Crippen molar-refractivity contribution in [2.24, 2.45) is 17.8 Å². The van der Waals surface area contributed by atoms with Crippen molar-refractivity contribution in [3.05, 3.63) is 61.2 Å². The fourth-order valence-electron chi connectivity index (χ4n) is 7.84. The molecule has 10 nitrogen and oxygen atoms in total. The maximum Gasteiger partial charge on any atom is 0.248 e. The highest BCUT2D eigenvalue weighted by Gasteiger charge is 2.80. The van der Waals surface area contributed by atoms with E-state index in [9.17, 15) is 19.5 Å². The molecule has 1 N–H and O–H groups in total. The van der Waals surface area contributed by atoms with E-state index in [1.54, 1.807) is 22.0 Å². The van der Waals surface area contributed by atoms with Crippen LogP contribution in [0.1, 0.15) is 25.8 Å². The summed E-state index contributed by atoms with van der Waals surface area (Å²) in [5.74, 6) is -2.37. The molecule has 4 heterocycles. The zero-order valence-electron chi connectivity index (χ0n) is 25.5. The largest absolute Gasteiger partial charge is 0.395 e. The number of fused-ring (bicyclic) bond motifs is 1. The fourth-order valence-corrected chi connectivity index (χ4v) is 7.84. The van der Waals surface area contributed by atoms with Gasteiger partial charge in [0.15, 0.2) is 0 Å². The topological polar surface area (TPSA) is 103 Å². The number of β-amino-alcohol motifs (C(OH)–C–C–N with tert-alkyl or cyclic N) is 1. The lowest BCUT2D eigenvalue weighted by molar-refractivity contribution is -0.155. The van der Waals surface area contributed by atoms with Crippen molar-refractivity contribution in [1.82, 2.24) is 19.6 Å². The van der Waals surface area contributed by atoms with Crippen LogP contribution in [0.15, 0.2) is 55.6 Å². The van der Waals surface area contributed by atoms with Crippen LogP contribution in [-0.4, -0.2) is 125 Å². The second kappa shape index (κ2) is 12.9. The van der Waals surface area contributed by atoms with Crippen molar-refractivity contribution in [3.8, 4) is 0 Å². The Bertz CT molecular complexity index is 1210. The predicted molar refractivity (Wildman–Crippen MR) is 162 cm³/mol. The average Bonchev–Trinajstić information content (AvgIpc) is 3.52. The van der Waals surface area contributed by atoms with Crippen LogP contribution in [0.4, 0.5) is 0 Å². The SMILES string of the molecule is C=CCN(CCN1CCOCC1)C(=O)C1N(CCO)C(=O)[C@@H]2[C@H](C(=O)N(CC=C)Cc3ccccc3)[C@@]3(C)OC12CC3C. The van der Waals surface area contributed by atoms with Crippen molar-refractivity contribution in [1.29, 1.82) is 0 Å². The summed E-state index contributed by atoms with van der Waals surface area (Å²) in [4.78, 5) is 50.5. The van der Waals surface area contributed by atoms with Gasteiger partial charge in [-0.15, -0.1) is 13.2 Å². The molecule has 234 valence electrons. The van der Waals surface area contributed by atoms with E-state index in [2.05, 4.69) is 18.1 Å². The minimum Gasteiger partial charge on any atom is -0.395 e. The molecule has 3 amide bonds. The monoisotopic (exact) mass is 594 g/mol. The highest BCUT2D eigenvalue weighted by Crippen LogP contribution is 2.65. The standard InChI is InChI=1S/C33H46N4O6/c1-5-12-35(15-14-34-17-20-42-21-18-34)31(41)28-33-22-24(3)32(4,43-33)26(27(33)30(40)37(28)16-19-38)29(39)36(13-6-2)23-25-10-8-7-9-11-25/h5-11,24,26-28,38H,1-2,12-23H2,3-4H3/t24?,26-,27+,28?,32+,33?/m1/s1. The van der Waals surface area contributed by atoms with Gasteiger partial charge < -0.3 is 29.3 Å². The van der Waals surface area contributed by atoms with E-state index >= 15 is 0 Å². The predicted octanol–water partition coefficient (Wildman–Crippen LogP) is 1.55. The van der Waals surface area contributed by atoms with Gasteiger partial charge in [-0.2, -0.15) is 0 Å². The third kappa shape index (κ3) is 5.54. The molecule has 0 aromatic heterocycles. The molecule has 4 aliphatic rings. The van der Waals surface area contributed by atoms with Gasteiger partial charge in [0.05, 0.1) is 37.3 Å². The molecule has 4 saturated heterocycles. The lowest BCUT2D eigenvalue weighted by Crippen LogP contribution is -2.58. The Hall–Kier alpha value is -3.05. The van der Waals surface area contributed by atoms with Crippen molar-refractivity contribution in [2.75, 3.05) is 65.6 Å². The smallest absolute Gasteiger partial charge is 0.248 e. The van der Waals surface area contributed by atoms with Gasteiger partial charge in [-0.3, -0.25) is 19.3 Å². The number of hydrogen-bond donors (Lipinski definition) is 1. The summed E-state index contributed by atoms with van der Waals surface area (Å²) in [5.41, 5.74) is -1.11. The summed E-state index contributed by atoms with van der Waals surface area (Å²) >= 11 is 0. The van der Waals surface area contributed by atoms with Crippen LogP contribution < -0.4 is 0 Å². The Kier molecular flexibility index (Phi) is 9.41. The maximum atomic E-state index is 14.5. The molecule has 6 atom stereocenters. The van der Waals surface area contributed by atoms with E-state index in [-0.39, 0.29) is 36.8 Å². The number of morpholine rings is 1. The molecule has 1 aromatic carbocycles. The first-order valence-electron chi connectivity index (χ1n) is 15.5. The maximum absolute atomic E-state index is 14.5. The number of nitrogens with zero attached hydrogens (tertiary/aromatic N) is 4. The molecule has 43 heavy (non-hydrogen) atoms. The number of ether oxygens (including phenoxy) is 2. The quantitative estimate of drug-likeness (QED) is 0.346. The summed E-state index contributed by atoms with van der Waals surface area (Å²) in [6.45, 7) is 16.5. The number of carbonyl (C=O) groups is 3. The van der Waals surface area contributed by atoms with E-state index in [1.165, 1.54) is 4.90 Å². The van der Waals surface area contributed by atoms with Crippen LogP contribution in [0.3, 0.4) is 0 Å². The van der Waals surface area contributed by atoms with Gasteiger partial charge in [-0.1, -0.05) is 49.4 Å². The highest BCUT2D eigenvalue weighted by atomic mass is 16.5. The summed E-state index contributed by atoms with van der Waals surface area (Å²) in [6, 6.07) is 8.79. The summed E-state index contributed by atoms with van der Waals surface area (Å²) in [6.07, 6.45) is 3.87. The van der Waals surface area contributed by atoms with E-state index in [0.717, 1.165) is 18.7 Å². The molecule has 2 bridgehead atoms. The Labute approximate surface area is 254 Å². The second-order valence-electron chi connectivity index (χ2n) is 12.5. The Morgan fingerprint density at radius 3 is 2.40 bits per heavy atom. The third-order valence-corrected chi connectivity index (χ3v) is 9.98. The molecule has 1 aromatic rings. The molecule has 0 saturated carbocycles. The van der Waals surface area contributed by atoms with Crippen LogP contribution in [0, 0.1) is 17.8 Å². The van der Waals surface area contributed by atoms with E-state index in [4.69, 9.17) is 9.47 Å². The van der Waals surface area contributed by atoms with Gasteiger partial charge in [0.1, 0.15) is 11.6 Å². The summed E-state index contributed by atoms with van der Waals surface area (Å²) < 4.78 is 12.4. The zero-order valence-corrected chi connectivity index (χ0v) is 25.5. The van der Waals surface area contributed by atoms with Crippen LogP contribution in [-0.2, 0) is 30.4 Å². The van der Waals surface area contributed by atoms with Crippen molar-refractivity contribution in [3.63, 3.8) is 0 Å². The van der Waals surface area contributed by atoms with Crippen LogP contribution in [0.25, 0.3) is 0 Å². The normalized spacial score (nSPS) is 31.6. The molecular weight excluding hydrogens is 548 g/mol. The van der Waals surface area contributed by atoms with E-state index in [0.29, 0.717) is 52.4 Å². The molecule has 4 fully saturated rings. The van der Waals surface area contributed by atoms with Gasteiger partial charge in [0, 0.05) is 52.4 Å². The molecular formula is C33H46N4O6. The van der Waals surface area contributed by atoms with Gasteiger partial charge in [0.25, 0.3) is 0 Å². The number of hydrogen-bond acceptors (Lipinski definition) is 7. The van der Waals surface area contributed by atoms with E-state index in [1.807, 2.05) is 44.2 Å². The molecule has 0 aliphatic carbocycles. The Morgan fingerprint density at radius 1 is 1.07 bits per heavy atom. The van der Waals surface area contributed by atoms with Crippen LogP contribution in [0.2, 0.25) is 0 Å². The number of likely N-dealkylation sites (tertiary alicyclic amines) is 1. The molecule has 4 aliphatic heterocycles. The van der Waals surface area contributed by atoms with Crippen molar-refractivity contribution in [2.45, 2.75) is 44.1 Å². The highest BCUT2D eigenvalue weighted by molar-refractivity contribution is 5.99. The molecule has 1 spiro atoms. The molecule has 10 heteroatoms. The van der Waals surface area contributed by atoms with Crippen LogP contribution >= 0.6 is 0 Å².